The first-order valence-corrected chi connectivity index (χ1v) is 6.58. The molecule has 0 aliphatic carbocycles. The molecule has 1 heterocycles. The first kappa shape index (κ1) is 13.5. The van der Waals surface area contributed by atoms with E-state index in [-0.39, 0.29) is 17.5 Å². The van der Waals surface area contributed by atoms with E-state index < -0.39 is 4.92 Å². The van der Waals surface area contributed by atoms with Gasteiger partial charge in [0.25, 0.3) is 5.69 Å². The monoisotopic (exact) mass is 306 g/mol. The highest BCUT2D eigenvalue weighted by atomic mass is 35.5. The number of fused-ring (bicyclic) bond motifs is 1. The van der Waals surface area contributed by atoms with Crippen molar-refractivity contribution in [1.82, 2.24) is 0 Å². The molecule has 1 aliphatic heterocycles. The zero-order chi connectivity index (χ0) is 14.8. The number of anilines is 1. The van der Waals surface area contributed by atoms with Crippen molar-refractivity contribution in [3.05, 3.63) is 57.1 Å². The van der Waals surface area contributed by atoms with Crippen LogP contribution in [0.1, 0.15) is 5.56 Å². The van der Waals surface area contributed by atoms with Gasteiger partial charge in [0.05, 0.1) is 4.92 Å². The van der Waals surface area contributed by atoms with Crippen LogP contribution in [-0.2, 0) is 6.54 Å². The fourth-order valence-corrected chi connectivity index (χ4v) is 2.34. The molecule has 0 saturated heterocycles. The molecule has 0 bridgehead atoms. The minimum atomic E-state index is -0.513. The van der Waals surface area contributed by atoms with Gasteiger partial charge in [0.15, 0.2) is 11.5 Å². The van der Waals surface area contributed by atoms with E-state index >= 15 is 0 Å². The first-order valence-electron chi connectivity index (χ1n) is 6.20. The number of hydrogen-bond acceptors (Lipinski definition) is 5. The van der Waals surface area contributed by atoms with Gasteiger partial charge < -0.3 is 14.8 Å². The molecule has 1 aliphatic rings. The summed E-state index contributed by atoms with van der Waals surface area (Å²) in [6.07, 6.45) is 0. The Labute approximate surface area is 125 Å². The van der Waals surface area contributed by atoms with Gasteiger partial charge in [-0.25, -0.2) is 0 Å². The third-order valence-electron chi connectivity index (χ3n) is 3.11. The Morgan fingerprint density at radius 3 is 2.90 bits per heavy atom. The maximum Gasteiger partial charge on any atom is 0.288 e. The molecule has 0 unspecified atom stereocenters. The molecule has 2 aromatic rings. The van der Waals surface area contributed by atoms with E-state index in [1.54, 1.807) is 6.07 Å². The summed E-state index contributed by atoms with van der Waals surface area (Å²) >= 11 is 5.87. The number of nitrogens with one attached hydrogen (secondary N) is 1. The molecule has 6 nitrogen and oxygen atoms in total. The minimum Gasteiger partial charge on any atom is -0.454 e. The second-order valence-electron chi connectivity index (χ2n) is 4.43. The van der Waals surface area contributed by atoms with Gasteiger partial charge in [-0.15, -0.1) is 0 Å². The number of nitro groups is 1. The molecule has 108 valence electrons. The SMILES string of the molecule is O=[N+]([O-])c1ccc(NCc2cccc3c2OCO3)cc1Cl. The van der Waals surface area contributed by atoms with Crippen molar-refractivity contribution in [3.63, 3.8) is 0 Å². The summed E-state index contributed by atoms with van der Waals surface area (Å²) in [7, 11) is 0. The van der Waals surface area contributed by atoms with Crippen LogP contribution >= 0.6 is 11.6 Å². The molecule has 0 spiro atoms. The Bertz CT molecular complexity index is 705. The van der Waals surface area contributed by atoms with Crippen molar-refractivity contribution >= 4 is 23.0 Å². The predicted molar refractivity (Wildman–Crippen MR) is 78.0 cm³/mol. The Balaban J connectivity index is 1.75. The number of benzene rings is 2. The fourth-order valence-electron chi connectivity index (χ4n) is 2.09. The second kappa shape index (κ2) is 5.49. The van der Waals surface area contributed by atoms with Crippen molar-refractivity contribution in [1.29, 1.82) is 0 Å². The van der Waals surface area contributed by atoms with Crippen LogP contribution in [-0.4, -0.2) is 11.7 Å². The summed E-state index contributed by atoms with van der Waals surface area (Å²) in [5.74, 6) is 1.44. The third-order valence-corrected chi connectivity index (χ3v) is 3.41. The summed E-state index contributed by atoms with van der Waals surface area (Å²) in [6.45, 7) is 0.719. The van der Waals surface area contributed by atoms with Crippen molar-refractivity contribution < 1.29 is 14.4 Å². The molecule has 7 heteroatoms. The lowest BCUT2D eigenvalue weighted by atomic mass is 10.2. The maximum absolute atomic E-state index is 10.7. The topological polar surface area (TPSA) is 73.6 Å². The van der Waals surface area contributed by atoms with Gasteiger partial charge in [-0.2, -0.15) is 0 Å². The van der Waals surface area contributed by atoms with Crippen LogP contribution in [0, 0.1) is 10.1 Å². The zero-order valence-corrected chi connectivity index (χ0v) is 11.6. The van der Waals surface area contributed by atoms with Crippen molar-refractivity contribution in [2.75, 3.05) is 12.1 Å². The van der Waals surface area contributed by atoms with E-state index in [4.69, 9.17) is 21.1 Å². The largest absolute Gasteiger partial charge is 0.454 e. The van der Waals surface area contributed by atoms with E-state index in [9.17, 15) is 10.1 Å². The Morgan fingerprint density at radius 1 is 1.29 bits per heavy atom. The second-order valence-corrected chi connectivity index (χ2v) is 4.83. The van der Waals surface area contributed by atoms with Crippen LogP contribution in [0.2, 0.25) is 5.02 Å². The van der Waals surface area contributed by atoms with Crippen LogP contribution in [0.3, 0.4) is 0 Å². The predicted octanol–water partition coefficient (Wildman–Crippen LogP) is 3.59. The molecule has 0 radical (unpaired) electrons. The molecule has 0 saturated carbocycles. The molecule has 0 fully saturated rings. The van der Waals surface area contributed by atoms with Gasteiger partial charge in [0.1, 0.15) is 5.02 Å². The Kier molecular flexibility index (Phi) is 3.53. The highest BCUT2D eigenvalue weighted by Crippen LogP contribution is 2.36. The standard InChI is InChI=1S/C14H11ClN2O4/c15-11-6-10(4-5-12(11)17(18)19)16-7-9-2-1-3-13-14(9)21-8-20-13/h1-6,16H,7-8H2. The lowest BCUT2D eigenvalue weighted by Crippen LogP contribution is -2.01. The summed E-state index contributed by atoms with van der Waals surface area (Å²) in [6, 6.07) is 10.2. The normalized spacial score (nSPS) is 12.2. The Morgan fingerprint density at radius 2 is 2.14 bits per heavy atom. The van der Waals surface area contributed by atoms with Gasteiger partial charge in [0.2, 0.25) is 6.79 Å². The number of nitro benzene ring substituents is 1. The maximum atomic E-state index is 10.7. The molecule has 21 heavy (non-hydrogen) atoms. The molecule has 0 aromatic heterocycles. The van der Waals surface area contributed by atoms with Crippen molar-refractivity contribution in [2.45, 2.75) is 6.54 Å². The number of ether oxygens (including phenoxy) is 2. The number of rotatable bonds is 4. The average molecular weight is 307 g/mol. The summed E-state index contributed by atoms with van der Waals surface area (Å²) in [4.78, 5) is 10.2. The number of para-hydroxylation sites is 1. The highest BCUT2D eigenvalue weighted by Gasteiger charge is 2.17. The molecule has 0 amide bonds. The molecule has 1 N–H and O–H groups in total. The molecule has 2 aromatic carbocycles. The first-order chi connectivity index (χ1) is 10.1. The van der Waals surface area contributed by atoms with Crippen LogP contribution in [0.25, 0.3) is 0 Å². The minimum absolute atomic E-state index is 0.0999. The summed E-state index contributed by atoms with van der Waals surface area (Å²) in [5.41, 5.74) is 1.53. The van der Waals surface area contributed by atoms with Crippen molar-refractivity contribution in [2.24, 2.45) is 0 Å². The summed E-state index contributed by atoms with van der Waals surface area (Å²) < 4.78 is 10.7. The van der Waals surface area contributed by atoms with Gasteiger partial charge in [-0.3, -0.25) is 10.1 Å². The number of hydrogen-bond donors (Lipinski definition) is 1. The number of nitrogens with zero attached hydrogens (tertiary/aromatic N) is 1. The molecular formula is C14H11ClN2O4. The van der Waals surface area contributed by atoms with Gasteiger partial charge >= 0.3 is 0 Å². The lowest BCUT2D eigenvalue weighted by molar-refractivity contribution is -0.384. The van der Waals surface area contributed by atoms with E-state index in [2.05, 4.69) is 5.32 Å². The lowest BCUT2D eigenvalue weighted by Gasteiger charge is -2.09. The van der Waals surface area contributed by atoms with Gasteiger partial charge in [-0.1, -0.05) is 23.7 Å². The van der Waals surface area contributed by atoms with Crippen LogP contribution < -0.4 is 14.8 Å². The van der Waals surface area contributed by atoms with Crippen LogP contribution in [0.5, 0.6) is 11.5 Å². The highest BCUT2D eigenvalue weighted by molar-refractivity contribution is 6.32. The molecular weight excluding hydrogens is 296 g/mol. The quantitative estimate of drug-likeness (QED) is 0.690. The smallest absolute Gasteiger partial charge is 0.288 e. The average Bonchev–Trinajstić information content (AvgIpc) is 2.93. The van der Waals surface area contributed by atoms with E-state index in [1.165, 1.54) is 12.1 Å². The third kappa shape index (κ3) is 2.71. The molecule has 0 atom stereocenters. The van der Waals surface area contributed by atoms with E-state index in [0.717, 1.165) is 17.1 Å². The molecule has 3 rings (SSSR count). The van der Waals surface area contributed by atoms with Gasteiger partial charge in [0, 0.05) is 23.9 Å². The fraction of sp³-hybridized carbons (Fsp3) is 0.143. The van der Waals surface area contributed by atoms with Crippen LogP contribution in [0.15, 0.2) is 36.4 Å². The van der Waals surface area contributed by atoms with E-state index in [1.807, 2.05) is 18.2 Å². The van der Waals surface area contributed by atoms with Gasteiger partial charge in [-0.05, 0) is 18.2 Å². The Hall–Kier alpha value is -2.47. The number of halogens is 1. The summed E-state index contributed by atoms with van der Waals surface area (Å²) in [5, 5.41) is 14.0. The zero-order valence-electron chi connectivity index (χ0n) is 10.8. The van der Waals surface area contributed by atoms with Crippen LogP contribution in [0.4, 0.5) is 11.4 Å². The van der Waals surface area contributed by atoms with E-state index in [0.29, 0.717) is 12.2 Å². The van der Waals surface area contributed by atoms with Crippen molar-refractivity contribution in [3.8, 4) is 11.5 Å².